The first-order valence-electron chi connectivity index (χ1n) is 8.17. The molecule has 10 nitrogen and oxygen atoms in total. The van der Waals surface area contributed by atoms with E-state index in [1.165, 1.54) is 0 Å². The molecule has 0 aromatic carbocycles. The molecule has 1 unspecified atom stereocenters. The first kappa shape index (κ1) is 19.2. The topological polar surface area (TPSA) is 166 Å². The van der Waals surface area contributed by atoms with Gasteiger partial charge in [0.2, 0.25) is 6.29 Å². The Morgan fingerprint density at radius 2 is 1.88 bits per heavy atom. The Bertz CT molecular complexity index is 602. The second-order valence-electron chi connectivity index (χ2n) is 6.67. The van der Waals surface area contributed by atoms with Crippen molar-refractivity contribution >= 4 is 5.97 Å². The summed E-state index contributed by atoms with van der Waals surface area (Å²) in [6, 6.07) is 0. The molecule has 0 radical (unpaired) electrons. The predicted molar refractivity (Wildman–Crippen MR) is 82.2 cm³/mol. The van der Waals surface area contributed by atoms with E-state index in [9.17, 15) is 35.4 Å². The molecule has 2 heterocycles. The van der Waals surface area contributed by atoms with Crippen LogP contribution in [0.4, 0.5) is 0 Å². The van der Waals surface area contributed by atoms with E-state index in [2.05, 4.69) is 6.58 Å². The fourth-order valence-electron chi connectivity index (χ4n) is 3.65. The summed E-state index contributed by atoms with van der Waals surface area (Å²) in [5.74, 6) is -2.49. The normalized spacial score (nSPS) is 45.7. The average molecular weight is 374 g/mol. The summed E-state index contributed by atoms with van der Waals surface area (Å²) in [6.45, 7) is 3.16. The van der Waals surface area contributed by atoms with E-state index in [4.69, 9.17) is 14.2 Å². The minimum atomic E-state index is -1.63. The van der Waals surface area contributed by atoms with Gasteiger partial charge in [-0.3, -0.25) is 0 Å². The van der Waals surface area contributed by atoms with Crippen LogP contribution in [0, 0.1) is 11.8 Å². The van der Waals surface area contributed by atoms with Crippen LogP contribution in [0.1, 0.15) is 6.42 Å². The molecule has 0 spiro atoms. The SMILES string of the molecule is C=C1[C@@H](O)C[C@@H]2C(C(=O)O)=COC(O[C@@H]3O[C@H](CO)[C@@H](O)[C@H](O)[C@H]3O)[C@H]12. The lowest BCUT2D eigenvalue weighted by Crippen LogP contribution is -2.60. The monoisotopic (exact) mass is 374 g/mol. The number of rotatable bonds is 4. The van der Waals surface area contributed by atoms with Crippen LogP contribution < -0.4 is 0 Å². The van der Waals surface area contributed by atoms with Crippen LogP contribution in [0.5, 0.6) is 0 Å². The van der Waals surface area contributed by atoms with Crippen molar-refractivity contribution in [2.24, 2.45) is 11.8 Å². The fraction of sp³-hybridized carbons (Fsp3) is 0.688. The minimum Gasteiger partial charge on any atom is -0.478 e. The van der Waals surface area contributed by atoms with Crippen LogP contribution in [0.3, 0.4) is 0 Å². The van der Waals surface area contributed by atoms with Crippen LogP contribution in [0.2, 0.25) is 0 Å². The second-order valence-corrected chi connectivity index (χ2v) is 6.67. The van der Waals surface area contributed by atoms with Crippen molar-refractivity contribution in [3.8, 4) is 0 Å². The molecule has 3 rings (SSSR count). The second kappa shape index (κ2) is 7.24. The summed E-state index contributed by atoms with van der Waals surface area (Å²) in [6.07, 6.45) is -8.28. The van der Waals surface area contributed by atoms with Gasteiger partial charge in [0.1, 0.15) is 24.4 Å². The summed E-state index contributed by atoms with van der Waals surface area (Å²) >= 11 is 0. The number of carboxylic acid groups (broad SMARTS) is 1. The van der Waals surface area contributed by atoms with Crippen LogP contribution in [0.25, 0.3) is 0 Å². The van der Waals surface area contributed by atoms with E-state index >= 15 is 0 Å². The zero-order valence-electron chi connectivity index (χ0n) is 13.7. The van der Waals surface area contributed by atoms with Crippen molar-refractivity contribution in [3.05, 3.63) is 24.0 Å². The number of ether oxygens (including phenoxy) is 3. The highest BCUT2D eigenvalue weighted by Crippen LogP contribution is 2.46. The van der Waals surface area contributed by atoms with Gasteiger partial charge in [-0.1, -0.05) is 6.58 Å². The maximum atomic E-state index is 11.4. The number of aliphatic carboxylic acids is 1. The third kappa shape index (κ3) is 3.14. The van der Waals surface area contributed by atoms with E-state index in [0.29, 0.717) is 5.57 Å². The molecule has 0 amide bonds. The molecule has 1 saturated heterocycles. The summed E-state index contributed by atoms with van der Waals surface area (Å²) in [7, 11) is 0. The summed E-state index contributed by atoms with van der Waals surface area (Å²) in [4.78, 5) is 11.4. The van der Waals surface area contributed by atoms with Gasteiger partial charge in [0.25, 0.3) is 0 Å². The van der Waals surface area contributed by atoms with Gasteiger partial charge in [-0.25, -0.2) is 4.79 Å². The number of fused-ring (bicyclic) bond motifs is 1. The Kier molecular flexibility index (Phi) is 5.35. The maximum absolute atomic E-state index is 11.4. The molecule has 1 aliphatic carbocycles. The fourth-order valence-corrected chi connectivity index (χ4v) is 3.65. The van der Waals surface area contributed by atoms with Crippen LogP contribution in [-0.4, -0.2) is 86.3 Å². The van der Waals surface area contributed by atoms with Gasteiger partial charge in [0, 0.05) is 5.92 Å². The number of aliphatic hydroxyl groups excluding tert-OH is 5. The van der Waals surface area contributed by atoms with Gasteiger partial charge < -0.3 is 44.8 Å². The molecule has 2 fully saturated rings. The van der Waals surface area contributed by atoms with Gasteiger partial charge in [-0.15, -0.1) is 0 Å². The van der Waals surface area contributed by atoms with E-state index in [1.54, 1.807) is 0 Å². The molecule has 2 aliphatic heterocycles. The van der Waals surface area contributed by atoms with Crippen LogP contribution in [-0.2, 0) is 19.0 Å². The van der Waals surface area contributed by atoms with E-state index in [-0.39, 0.29) is 12.0 Å². The van der Waals surface area contributed by atoms with E-state index in [1.807, 2.05) is 0 Å². The minimum absolute atomic E-state index is 0.0265. The Hall–Kier alpha value is -1.53. The van der Waals surface area contributed by atoms with Crippen molar-refractivity contribution in [3.63, 3.8) is 0 Å². The molecular weight excluding hydrogens is 352 g/mol. The quantitative estimate of drug-likeness (QED) is 0.294. The highest BCUT2D eigenvalue weighted by molar-refractivity contribution is 5.87. The van der Waals surface area contributed by atoms with Gasteiger partial charge in [0.05, 0.1) is 30.5 Å². The zero-order chi connectivity index (χ0) is 19.2. The summed E-state index contributed by atoms with van der Waals surface area (Å²) in [5, 5.41) is 58.3. The number of carboxylic acids is 1. The lowest BCUT2D eigenvalue weighted by molar-refractivity contribution is -0.339. The highest BCUT2D eigenvalue weighted by atomic mass is 16.8. The number of hydrogen-bond acceptors (Lipinski definition) is 9. The third-order valence-electron chi connectivity index (χ3n) is 5.15. The van der Waals surface area contributed by atoms with Crippen molar-refractivity contribution in [2.75, 3.05) is 6.61 Å². The number of hydrogen-bond donors (Lipinski definition) is 6. The average Bonchev–Trinajstić information content (AvgIpc) is 2.90. The van der Waals surface area contributed by atoms with Gasteiger partial charge >= 0.3 is 5.97 Å². The lowest BCUT2D eigenvalue weighted by atomic mass is 9.85. The summed E-state index contributed by atoms with van der Waals surface area (Å²) in [5.41, 5.74) is 0.304. The Morgan fingerprint density at radius 3 is 2.50 bits per heavy atom. The Labute approximate surface area is 148 Å². The molecule has 0 bridgehead atoms. The molecular formula is C16H22O10. The van der Waals surface area contributed by atoms with Crippen molar-refractivity contribution in [1.82, 2.24) is 0 Å². The van der Waals surface area contributed by atoms with Gasteiger partial charge in [-0.2, -0.15) is 0 Å². The van der Waals surface area contributed by atoms with Crippen molar-refractivity contribution < 1.29 is 49.6 Å². The van der Waals surface area contributed by atoms with E-state index < -0.39 is 67.5 Å². The predicted octanol–water partition coefficient (Wildman–Crippen LogP) is -2.32. The van der Waals surface area contributed by atoms with Crippen LogP contribution >= 0.6 is 0 Å². The summed E-state index contributed by atoms with van der Waals surface area (Å²) < 4.78 is 16.2. The molecule has 1 saturated carbocycles. The zero-order valence-corrected chi connectivity index (χ0v) is 13.7. The molecule has 0 aromatic heterocycles. The maximum Gasteiger partial charge on any atom is 0.334 e. The Morgan fingerprint density at radius 1 is 1.19 bits per heavy atom. The molecule has 3 aliphatic rings. The first-order chi connectivity index (χ1) is 12.3. The number of carbonyl (C=O) groups is 1. The Balaban J connectivity index is 1.81. The lowest BCUT2D eigenvalue weighted by Gasteiger charge is -2.42. The van der Waals surface area contributed by atoms with Gasteiger partial charge in [0.15, 0.2) is 6.29 Å². The molecule has 0 aromatic rings. The van der Waals surface area contributed by atoms with Crippen LogP contribution in [0.15, 0.2) is 24.0 Å². The molecule has 26 heavy (non-hydrogen) atoms. The van der Waals surface area contributed by atoms with Gasteiger partial charge in [-0.05, 0) is 12.0 Å². The molecule has 146 valence electrons. The highest BCUT2D eigenvalue weighted by Gasteiger charge is 2.51. The standard InChI is InChI=1S/C16H22O10/c1-5-8(18)2-6-7(14(22)23)4-24-15(10(5)6)26-16-13(21)12(20)11(19)9(3-17)25-16/h4,6,8-13,15-21H,1-3H2,(H,22,23)/t6-,8+,9-,10-,11-,12+,13-,15?,16+/m1/s1. The molecule has 6 N–H and O–H groups in total. The third-order valence-corrected chi connectivity index (χ3v) is 5.15. The van der Waals surface area contributed by atoms with E-state index in [0.717, 1.165) is 6.26 Å². The molecule has 10 heteroatoms. The first-order valence-corrected chi connectivity index (χ1v) is 8.17. The number of aliphatic hydroxyl groups is 5. The smallest absolute Gasteiger partial charge is 0.334 e. The molecule has 9 atom stereocenters. The van der Waals surface area contributed by atoms with Crippen molar-refractivity contribution in [1.29, 1.82) is 0 Å². The van der Waals surface area contributed by atoms with Crippen molar-refractivity contribution in [2.45, 2.75) is 49.5 Å². The largest absolute Gasteiger partial charge is 0.478 e.